The average Bonchev–Trinajstić information content (AvgIpc) is 3.51. The third-order valence-corrected chi connectivity index (χ3v) is 11.2. The largest absolute Gasteiger partial charge is 0.462 e. The number of carbonyl (C=O) groups is 1. The fourth-order valence-electron chi connectivity index (χ4n) is 8.18. The Morgan fingerprint density at radius 3 is 1.28 bits per heavy atom. The van der Waals surface area contributed by atoms with Crippen molar-refractivity contribution in [3.05, 3.63) is 12.2 Å². The summed E-state index contributed by atoms with van der Waals surface area (Å²) < 4.78 is 5.78. The van der Waals surface area contributed by atoms with E-state index in [1.807, 2.05) is 0 Å². The summed E-state index contributed by atoms with van der Waals surface area (Å²) in [5.41, 5.74) is 1.04. The van der Waals surface area contributed by atoms with Gasteiger partial charge in [0.2, 0.25) is 0 Å². The van der Waals surface area contributed by atoms with Crippen LogP contribution in [0.4, 0.5) is 0 Å². The number of hydrogen-bond donors (Lipinski definition) is 0. The van der Waals surface area contributed by atoms with Crippen LogP contribution in [0.25, 0.3) is 0 Å². The van der Waals surface area contributed by atoms with Crippen LogP contribution in [0, 0.1) is 11.3 Å². The SMILES string of the molecule is C=C(C)C(=O)OCC(CCCCCCCCCCCCCCCC)CC1(CCCCCCCCCCCCCCCC)CCCC1. The molecule has 0 bridgehead atoms. The summed E-state index contributed by atoms with van der Waals surface area (Å²) in [4.78, 5) is 12.3. The van der Waals surface area contributed by atoms with Crippen molar-refractivity contribution in [2.24, 2.45) is 11.3 Å². The van der Waals surface area contributed by atoms with Crippen LogP contribution in [0.15, 0.2) is 12.2 Å². The molecule has 2 heteroatoms. The fraction of sp³-hybridized carbons (Fsp3) is 0.932. The molecule has 1 fully saturated rings. The minimum Gasteiger partial charge on any atom is -0.462 e. The van der Waals surface area contributed by atoms with Crippen LogP contribution in [0.2, 0.25) is 0 Å². The van der Waals surface area contributed by atoms with Gasteiger partial charge in [0.15, 0.2) is 0 Å². The number of rotatable bonds is 35. The van der Waals surface area contributed by atoms with Crippen molar-refractivity contribution in [3.8, 4) is 0 Å². The average molecular weight is 645 g/mol. The molecule has 0 radical (unpaired) electrons. The predicted octanol–water partition coefficient (Wildman–Crippen LogP) is 15.4. The highest BCUT2D eigenvalue weighted by atomic mass is 16.5. The van der Waals surface area contributed by atoms with E-state index in [-0.39, 0.29) is 5.97 Å². The van der Waals surface area contributed by atoms with Crippen molar-refractivity contribution in [1.29, 1.82) is 0 Å². The molecule has 0 saturated heterocycles. The van der Waals surface area contributed by atoms with Gasteiger partial charge in [0.25, 0.3) is 0 Å². The van der Waals surface area contributed by atoms with Crippen molar-refractivity contribution >= 4 is 5.97 Å². The Bertz CT molecular complexity index is 675. The molecule has 2 nitrogen and oxygen atoms in total. The predicted molar refractivity (Wildman–Crippen MR) is 205 cm³/mol. The molecule has 1 rings (SSSR count). The zero-order chi connectivity index (χ0) is 33.4. The summed E-state index contributed by atoms with van der Waals surface area (Å²) in [7, 11) is 0. The molecule has 272 valence electrons. The molecule has 0 aromatic carbocycles. The van der Waals surface area contributed by atoms with Gasteiger partial charge in [-0.05, 0) is 50.4 Å². The number of hydrogen-bond acceptors (Lipinski definition) is 2. The maximum atomic E-state index is 12.3. The first-order chi connectivity index (χ1) is 22.5. The molecule has 0 aliphatic heterocycles. The van der Waals surface area contributed by atoms with Gasteiger partial charge in [-0.1, -0.05) is 213 Å². The molecule has 0 N–H and O–H groups in total. The van der Waals surface area contributed by atoms with Gasteiger partial charge in [0.1, 0.15) is 0 Å². The van der Waals surface area contributed by atoms with Crippen LogP contribution in [-0.4, -0.2) is 12.6 Å². The molecule has 0 aromatic rings. The summed E-state index contributed by atoms with van der Waals surface area (Å²) in [5.74, 6) is 0.323. The Kier molecular flexibility index (Phi) is 29.6. The highest BCUT2D eigenvalue weighted by Crippen LogP contribution is 2.48. The first kappa shape index (κ1) is 43.2. The van der Waals surface area contributed by atoms with E-state index >= 15 is 0 Å². The number of ether oxygens (including phenoxy) is 1. The summed E-state index contributed by atoms with van der Waals surface area (Å²) in [6, 6.07) is 0. The van der Waals surface area contributed by atoms with Crippen LogP contribution >= 0.6 is 0 Å². The van der Waals surface area contributed by atoms with Gasteiger partial charge in [-0.15, -0.1) is 0 Å². The Morgan fingerprint density at radius 2 is 0.913 bits per heavy atom. The molecule has 0 aromatic heterocycles. The summed E-state index contributed by atoms with van der Waals surface area (Å²) in [6.45, 7) is 10.8. The van der Waals surface area contributed by atoms with Gasteiger partial charge in [-0.25, -0.2) is 4.79 Å². The van der Waals surface area contributed by atoms with E-state index in [0.29, 0.717) is 23.5 Å². The monoisotopic (exact) mass is 645 g/mol. The maximum Gasteiger partial charge on any atom is 0.333 e. The summed E-state index contributed by atoms with van der Waals surface area (Å²) >= 11 is 0. The summed E-state index contributed by atoms with van der Waals surface area (Å²) in [6.07, 6.45) is 49.2. The second-order valence-corrected chi connectivity index (χ2v) is 15.9. The normalized spacial score (nSPS) is 14.9. The van der Waals surface area contributed by atoms with E-state index in [0.717, 1.165) is 0 Å². The zero-order valence-electron chi connectivity index (χ0n) is 32.1. The zero-order valence-corrected chi connectivity index (χ0v) is 32.1. The third-order valence-electron chi connectivity index (χ3n) is 11.2. The Hall–Kier alpha value is -0.790. The molecule has 1 saturated carbocycles. The highest BCUT2D eigenvalue weighted by molar-refractivity contribution is 5.86. The Labute approximate surface area is 290 Å². The van der Waals surface area contributed by atoms with Crippen molar-refractivity contribution in [3.63, 3.8) is 0 Å². The third kappa shape index (κ3) is 25.3. The molecule has 1 unspecified atom stereocenters. The maximum absolute atomic E-state index is 12.3. The van der Waals surface area contributed by atoms with Crippen molar-refractivity contribution in [2.45, 2.75) is 245 Å². The van der Waals surface area contributed by atoms with Crippen LogP contribution in [0.3, 0.4) is 0 Å². The molecule has 1 atom stereocenters. The molecule has 0 amide bonds. The van der Waals surface area contributed by atoms with Crippen molar-refractivity contribution in [1.82, 2.24) is 0 Å². The Morgan fingerprint density at radius 1 is 0.565 bits per heavy atom. The Balaban J connectivity index is 2.25. The van der Waals surface area contributed by atoms with E-state index in [1.165, 1.54) is 225 Å². The molecule has 0 heterocycles. The van der Waals surface area contributed by atoms with E-state index < -0.39 is 0 Å². The lowest BCUT2D eigenvalue weighted by Crippen LogP contribution is -2.25. The van der Waals surface area contributed by atoms with Crippen LogP contribution in [0.5, 0.6) is 0 Å². The van der Waals surface area contributed by atoms with Crippen molar-refractivity contribution < 1.29 is 9.53 Å². The number of carbonyl (C=O) groups excluding carboxylic acids is 1. The van der Waals surface area contributed by atoms with E-state index in [2.05, 4.69) is 20.4 Å². The molecule has 1 aliphatic rings. The molecule has 46 heavy (non-hydrogen) atoms. The van der Waals surface area contributed by atoms with Crippen LogP contribution in [0.1, 0.15) is 245 Å². The van der Waals surface area contributed by atoms with E-state index in [4.69, 9.17) is 4.74 Å². The smallest absolute Gasteiger partial charge is 0.333 e. The van der Waals surface area contributed by atoms with E-state index in [9.17, 15) is 4.79 Å². The molecule has 0 spiro atoms. The highest BCUT2D eigenvalue weighted by Gasteiger charge is 2.35. The minimum atomic E-state index is -0.196. The minimum absolute atomic E-state index is 0.196. The van der Waals surface area contributed by atoms with Gasteiger partial charge in [0.05, 0.1) is 6.61 Å². The van der Waals surface area contributed by atoms with Crippen LogP contribution in [-0.2, 0) is 9.53 Å². The second kappa shape index (κ2) is 31.5. The lowest BCUT2D eigenvalue weighted by atomic mass is 9.73. The van der Waals surface area contributed by atoms with Gasteiger partial charge in [-0.3, -0.25) is 0 Å². The molecule has 1 aliphatic carbocycles. The van der Waals surface area contributed by atoms with Crippen molar-refractivity contribution in [2.75, 3.05) is 6.61 Å². The summed E-state index contributed by atoms with van der Waals surface area (Å²) in [5, 5.41) is 0. The quantitative estimate of drug-likeness (QED) is 0.0390. The fourth-order valence-corrected chi connectivity index (χ4v) is 8.18. The molecular weight excluding hydrogens is 560 g/mol. The molecular formula is C44H84O2. The number of esters is 1. The van der Waals surface area contributed by atoms with E-state index in [1.54, 1.807) is 6.92 Å². The van der Waals surface area contributed by atoms with Crippen LogP contribution < -0.4 is 0 Å². The lowest BCUT2D eigenvalue weighted by molar-refractivity contribution is -0.140. The van der Waals surface area contributed by atoms with Gasteiger partial charge in [-0.2, -0.15) is 0 Å². The first-order valence-electron chi connectivity index (χ1n) is 21.4. The topological polar surface area (TPSA) is 26.3 Å². The van der Waals surface area contributed by atoms with Gasteiger partial charge >= 0.3 is 5.97 Å². The standard InChI is InChI=1S/C44H84O2/c1-5-7-9-11-13-15-17-19-21-23-25-27-29-31-35-42(40-46-43(45)41(3)4)39-44(37-33-34-38-44)36-32-30-28-26-24-22-20-18-16-14-12-10-8-6-2/h42H,3,5-40H2,1-2,4H3. The lowest BCUT2D eigenvalue weighted by Gasteiger charge is -2.33. The van der Waals surface area contributed by atoms with Gasteiger partial charge < -0.3 is 4.74 Å². The number of unbranched alkanes of at least 4 members (excludes halogenated alkanes) is 26. The van der Waals surface area contributed by atoms with Gasteiger partial charge in [0, 0.05) is 5.57 Å². The first-order valence-corrected chi connectivity index (χ1v) is 21.4. The second-order valence-electron chi connectivity index (χ2n) is 15.9.